The topological polar surface area (TPSA) is 118 Å². The summed E-state index contributed by atoms with van der Waals surface area (Å²) in [4.78, 5) is 26.9. The third kappa shape index (κ3) is 3.94. The highest BCUT2D eigenvalue weighted by Crippen LogP contribution is 2.31. The average molecular weight is 383 g/mol. The number of amides is 1. The predicted molar refractivity (Wildman–Crippen MR) is 98.7 cm³/mol. The zero-order valence-electron chi connectivity index (χ0n) is 13.7. The molecule has 1 aromatic heterocycles. The minimum absolute atomic E-state index is 0.104. The van der Waals surface area contributed by atoms with E-state index in [1.54, 1.807) is 18.2 Å². The number of pyridine rings is 1. The highest BCUT2D eigenvalue weighted by atomic mass is 35.5. The number of aromatic nitrogens is 1. The Labute approximate surface area is 158 Å². The van der Waals surface area contributed by atoms with Gasteiger partial charge in [-0.15, -0.1) is 0 Å². The van der Waals surface area contributed by atoms with Gasteiger partial charge in [0.05, 0.1) is 21.6 Å². The summed E-state index contributed by atoms with van der Waals surface area (Å²) in [7, 11) is 0. The molecule has 0 aliphatic carbocycles. The maximum Gasteiger partial charge on any atom is 0.279 e. The Morgan fingerprint density at radius 3 is 2.89 bits per heavy atom. The average Bonchev–Trinajstić information content (AvgIpc) is 2.66. The minimum Gasteiger partial charge on any atom is -0.481 e. The van der Waals surface area contributed by atoms with E-state index in [1.807, 2.05) is 6.07 Å². The Morgan fingerprint density at radius 2 is 2.15 bits per heavy atom. The first kappa shape index (κ1) is 18.1. The van der Waals surface area contributed by atoms with E-state index < -0.39 is 10.8 Å². The molecule has 1 heterocycles. The minimum atomic E-state index is -0.517. The number of nitro benzene ring substituents is 1. The Morgan fingerprint density at radius 1 is 1.33 bits per heavy atom. The fourth-order valence-corrected chi connectivity index (χ4v) is 2.63. The van der Waals surface area contributed by atoms with Gasteiger partial charge in [-0.1, -0.05) is 11.6 Å². The molecule has 0 unspecified atom stereocenters. The third-order valence-corrected chi connectivity index (χ3v) is 3.88. The van der Waals surface area contributed by atoms with Gasteiger partial charge in [-0.3, -0.25) is 19.9 Å². The maximum atomic E-state index is 12.2. The lowest BCUT2D eigenvalue weighted by atomic mass is 10.1. The molecule has 9 heteroatoms. The van der Waals surface area contributed by atoms with Crippen LogP contribution in [0.1, 0.15) is 5.56 Å². The zero-order valence-corrected chi connectivity index (χ0v) is 14.4. The molecule has 3 aromatic rings. The second-order valence-electron chi connectivity index (χ2n) is 5.38. The van der Waals surface area contributed by atoms with E-state index in [4.69, 9.17) is 21.6 Å². The van der Waals surface area contributed by atoms with Gasteiger partial charge >= 0.3 is 0 Å². The fourth-order valence-electron chi connectivity index (χ4n) is 2.45. The molecular weight excluding hydrogens is 372 g/mol. The number of carbonyl (C=O) groups is 1. The van der Waals surface area contributed by atoms with E-state index in [-0.39, 0.29) is 34.8 Å². The Bertz CT molecular complexity index is 1090. The first-order chi connectivity index (χ1) is 13.0. The normalized spacial score (nSPS) is 10.2. The summed E-state index contributed by atoms with van der Waals surface area (Å²) < 4.78 is 5.48. The van der Waals surface area contributed by atoms with Gasteiger partial charge in [-0.05, 0) is 36.4 Å². The van der Waals surface area contributed by atoms with Crippen LogP contribution in [-0.4, -0.2) is 22.4 Å². The van der Waals surface area contributed by atoms with Crippen LogP contribution < -0.4 is 10.1 Å². The number of rotatable bonds is 5. The molecule has 0 spiro atoms. The molecular formula is C18H11ClN4O4. The summed E-state index contributed by atoms with van der Waals surface area (Å²) in [6.07, 6.45) is 1.48. The number of hydrogen-bond acceptors (Lipinski definition) is 6. The number of nitro groups is 1. The molecule has 1 N–H and O–H groups in total. The van der Waals surface area contributed by atoms with Gasteiger partial charge in [0, 0.05) is 17.3 Å². The molecule has 2 aromatic carbocycles. The van der Waals surface area contributed by atoms with E-state index >= 15 is 0 Å². The van der Waals surface area contributed by atoms with Crippen LogP contribution in [0.2, 0.25) is 5.02 Å². The number of nitriles is 1. The quantitative estimate of drug-likeness (QED) is 0.531. The number of nitrogens with one attached hydrogen (secondary N) is 1. The maximum absolute atomic E-state index is 12.2. The third-order valence-electron chi connectivity index (χ3n) is 3.64. The summed E-state index contributed by atoms with van der Waals surface area (Å²) in [5, 5.41) is 23.4. The SMILES string of the molecule is N#Cc1ccc(Cl)cc1NC(=O)COc1ccc([N+](=O)[O-])c2cccnc12. The van der Waals surface area contributed by atoms with Crippen LogP contribution in [0.15, 0.2) is 48.7 Å². The van der Waals surface area contributed by atoms with Crippen molar-refractivity contribution in [3.8, 4) is 11.8 Å². The first-order valence-electron chi connectivity index (χ1n) is 7.64. The van der Waals surface area contributed by atoms with Crippen molar-refractivity contribution in [1.82, 2.24) is 4.98 Å². The zero-order chi connectivity index (χ0) is 19.4. The summed E-state index contributed by atoms with van der Waals surface area (Å²) in [6.45, 7) is -0.374. The number of ether oxygens (including phenoxy) is 1. The van der Waals surface area contributed by atoms with E-state index in [0.29, 0.717) is 10.4 Å². The van der Waals surface area contributed by atoms with Crippen molar-refractivity contribution < 1.29 is 14.5 Å². The van der Waals surface area contributed by atoms with Crippen molar-refractivity contribution in [3.63, 3.8) is 0 Å². The molecule has 0 aliphatic heterocycles. The van der Waals surface area contributed by atoms with Crippen LogP contribution in [-0.2, 0) is 4.79 Å². The summed E-state index contributed by atoms with van der Waals surface area (Å²) in [5.74, 6) is -0.283. The van der Waals surface area contributed by atoms with Crippen LogP contribution in [0.5, 0.6) is 5.75 Å². The van der Waals surface area contributed by atoms with Gasteiger partial charge in [0.15, 0.2) is 6.61 Å². The molecule has 0 fully saturated rings. The van der Waals surface area contributed by atoms with E-state index in [9.17, 15) is 14.9 Å². The number of nitrogens with zero attached hydrogens (tertiary/aromatic N) is 3. The van der Waals surface area contributed by atoms with Gasteiger partial charge < -0.3 is 10.1 Å². The molecule has 27 heavy (non-hydrogen) atoms. The van der Waals surface area contributed by atoms with Gasteiger partial charge in [0.2, 0.25) is 0 Å². The lowest BCUT2D eigenvalue weighted by Gasteiger charge is -2.10. The molecule has 0 bridgehead atoms. The molecule has 0 saturated carbocycles. The molecule has 134 valence electrons. The Balaban J connectivity index is 1.79. The summed E-state index contributed by atoms with van der Waals surface area (Å²) >= 11 is 5.88. The van der Waals surface area contributed by atoms with Crippen molar-refractivity contribution >= 4 is 39.8 Å². The molecule has 0 aliphatic rings. The molecule has 0 saturated heterocycles. The van der Waals surface area contributed by atoms with Crippen molar-refractivity contribution in [1.29, 1.82) is 5.26 Å². The standard InChI is InChI=1S/C18H11ClN4O4/c19-12-4-3-11(9-20)14(8-12)22-17(24)10-27-16-6-5-15(23(25)26)13-2-1-7-21-18(13)16/h1-8H,10H2,(H,22,24). The monoisotopic (exact) mass is 382 g/mol. The number of fused-ring (bicyclic) bond motifs is 1. The largest absolute Gasteiger partial charge is 0.481 e. The van der Waals surface area contributed by atoms with E-state index in [2.05, 4.69) is 10.3 Å². The molecule has 0 radical (unpaired) electrons. The number of non-ortho nitro benzene ring substituents is 1. The Hall–Kier alpha value is -3.70. The fraction of sp³-hybridized carbons (Fsp3) is 0.0556. The van der Waals surface area contributed by atoms with Crippen LogP contribution >= 0.6 is 11.6 Å². The van der Waals surface area contributed by atoms with Crippen LogP contribution in [0, 0.1) is 21.4 Å². The molecule has 3 rings (SSSR count). The van der Waals surface area contributed by atoms with Crippen LogP contribution in [0.4, 0.5) is 11.4 Å². The molecule has 8 nitrogen and oxygen atoms in total. The number of halogens is 1. The van der Waals surface area contributed by atoms with E-state index in [1.165, 1.54) is 30.5 Å². The van der Waals surface area contributed by atoms with Gasteiger partial charge in [-0.2, -0.15) is 5.26 Å². The number of anilines is 1. The second-order valence-corrected chi connectivity index (χ2v) is 5.81. The van der Waals surface area contributed by atoms with Gasteiger partial charge in [0.25, 0.3) is 11.6 Å². The number of carbonyl (C=O) groups excluding carboxylic acids is 1. The van der Waals surface area contributed by atoms with Crippen molar-refractivity contribution in [2.75, 3.05) is 11.9 Å². The summed E-state index contributed by atoms with van der Waals surface area (Å²) in [5.41, 5.74) is 0.702. The van der Waals surface area contributed by atoms with Gasteiger partial charge in [0.1, 0.15) is 17.3 Å². The summed E-state index contributed by atoms with van der Waals surface area (Å²) in [6, 6.07) is 12.3. The van der Waals surface area contributed by atoms with Crippen molar-refractivity contribution in [2.24, 2.45) is 0 Å². The second kappa shape index (κ2) is 7.68. The first-order valence-corrected chi connectivity index (χ1v) is 8.02. The highest BCUT2D eigenvalue weighted by Gasteiger charge is 2.16. The van der Waals surface area contributed by atoms with Crippen molar-refractivity contribution in [3.05, 3.63) is 69.4 Å². The lowest BCUT2D eigenvalue weighted by molar-refractivity contribution is -0.383. The number of hydrogen-bond donors (Lipinski definition) is 1. The van der Waals surface area contributed by atoms with Crippen LogP contribution in [0.3, 0.4) is 0 Å². The smallest absolute Gasteiger partial charge is 0.279 e. The molecule has 0 atom stereocenters. The Kier molecular flexibility index (Phi) is 5.15. The predicted octanol–water partition coefficient (Wildman–Crippen LogP) is 3.69. The van der Waals surface area contributed by atoms with E-state index in [0.717, 1.165) is 0 Å². The lowest BCUT2D eigenvalue weighted by Crippen LogP contribution is -2.20. The van der Waals surface area contributed by atoms with Crippen molar-refractivity contribution in [2.45, 2.75) is 0 Å². The van der Waals surface area contributed by atoms with Crippen LogP contribution in [0.25, 0.3) is 10.9 Å². The highest BCUT2D eigenvalue weighted by molar-refractivity contribution is 6.31. The number of benzene rings is 2. The molecule has 1 amide bonds. The van der Waals surface area contributed by atoms with Gasteiger partial charge in [-0.25, -0.2) is 0 Å².